The predicted octanol–water partition coefficient (Wildman–Crippen LogP) is 2.52. The molecule has 0 radical (unpaired) electrons. The van der Waals surface area contributed by atoms with Crippen molar-refractivity contribution in [1.29, 1.82) is 0 Å². The Hall–Kier alpha value is -3.29. The molecule has 29 heavy (non-hydrogen) atoms. The lowest BCUT2D eigenvalue weighted by Crippen LogP contribution is -2.36. The molecular weight excluding hydrogens is 380 g/mol. The van der Waals surface area contributed by atoms with E-state index in [2.05, 4.69) is 10.6 Å². The summed E-state index contributed by atoms with van der Waals surface area (Å²) in [5.41, 5.74) is 2.67. The average molecular weight is 399 g/mol. The van der Waals surface area contributed by atoms with Crippen molar-refractivity contribution in [2.24, 2.45) is 5.92 Å². The van der Waals surface area contributed by atoms with Gasteiger partial charge in [-0.15, -0.1) is 0 Å². The number of carbonyl (C=O) groups is 3. The van der Waals surface area contributed by atoms with Gasteiger partial charge in [-0.3, -0.25) is 14.4 Å². The normalized spacial score (nSPS) is 18.4. The SMILES string of the molecule is O=C1CCc2cc(N3CC[C@H](C(=O)NCc4cc(F)cc(F)c4)C3=O)ccc2N1. The van der Waals surface area contributed by atoms with Crippen molar-refractivity contribution in [2.75, 3.05) is 16.8 Å². The molecule has 8 heteroatoms. The Morgan fingerprint density at radius 3 is 2.62 bits per heavy atom. The van der Waals surface area contributed by atoms with Gasteiger partial charge in [0.2, 0.25) is 17.7 Å². The molecule has 2 aromatic carbocycles. The summed E-state index contributed by atoms with van der Waals surface area (Å²) in [4.78, 5) is 38.2. The lowest BCUT2D eigenvalue weighted by atomic mass is 10.0. The summed E-state index contributed by atoms with van der Waals surface area (Å²) in [7, 11) is 0. The zero-order valence-corrected chi connectivity index (χ0v) is 15.5. The van der Waals surface area contributed by atoms with Crippen LogP contribution < -0.4 is 15.5 Å². The number of rotatable bonds is 4. The highest BCUT2D eigenvalue weighted by Crippen LogP contribution is 2.31. The molecule has 2 heterocycles. The van der Waals surface area contributed by atoms with Crippen LogP contribution in [0.3, 0.4) is 0 Å². The Bertz CT molecular complexity index is 988. The minimum Gasteiger partial charge on any atom is -0.351 e. The Balaban J connectivity index is 1.42. The van der Waals surface area contributed by atoms with Crippen molar-refractivity contribution < 1.29 is 23.2 Å². The maximum absolute atomic E-state index is 13.3. The molecule has 1 fully saturated rings. The van der Waals surface area contributed by atoms with Crippen molar-refractivity contribution in [3.8, 4) is 0 Å². The summed E-state index contributed by atoms with van der Waals surface area (Å²) < 4.78 is 26.5. The van der Waals surface area contributed by atoms with E-state index in [-0.39, 0.29) is 23.9 Å². The van der Waals surface area contributed by atoms with E-state index in [9.17, 15) is 23.2 Å². The van der Waals surface area contributed by atoms with Crippen molar-refractivity contribution in [2.45, 2.75) is 25.8 Å². The number of anilines is 2. The summed E-state index contributed by atoms with van der Waals surface area (Å²) in [6.07, 6.45) is 1.36. The first-order chi connectivity index (χ1) is 13.9. The maximum Gasteiger partial charge on any atom is 0.239 e. The molecule has 2 N–H and O–H groups in total. The van der Waals surface area contributed by atoms with Crippen molar-refractivity contribution in [1.82, 2.24) is 5.32 Å². The van der Waals surface area contributed by atoms with Crippen molar-refractivity contribution in [3.63, 3.8) is 0 Å². The van der Waals surface area contributed by atoms with Gasteiger partial charge < -0.3 is 15.5 Å². The van der Waals surface area contributed by atoms with Crippen LogP contribution in [0.25, 0.3) is 0 Å². The summed E-state index contributed by atoms with van der Waals surface area (Å²) in [5, 5.41) is 5.38. The van der Waals surface area contributed by atoms with E-state index in [4.69, 9.17) is 0 Å². The second-order valence-corrected chi connectivity index (χ2v) is 7.22. The van der Waals surface area contributed by atoms with Crippen LogP contribution in [0, 0.1) is 17.6 Å². The number of carbonyl (C=O) groups excluding carboxylic acids is 3. The first kappa shape index (κ1) is 19.0. The third-order valence-electron chi connectivity index (χ3n) is 5.21. The van der Waals surface area contributed by atoms with E-state index >= 15 is 0 Å². The smallest absolute Gasteiger partial charge is 0.239 e. The molecule has 1 saturated heterocycles. The molecule has 4 rings (SSSR count). The average Bonchev–Trinajstić information content (AvgIpc) is 3.06. The first-order valence-corrected chi connectivity index (χ1v) is 9.37. The minimum absolute atomic E-state index is 0.0302. The molecule has 2 aliphatic rings. The standard InChI is InChI=1S/C21H19F2N3O3/c22-14-7-12(8-15(23)10-14)11-24-20(28)17-5-6-26(21(17)29)16-2-3-18-13(9-16)1-4-19(27)25-18/h2-3,7-10,17H,1,4-6,11H2,(H,24,28)(H,25,27)/t17-/m1/s1. The Morgan fingerprint density at radius 1 is 1.10 bits per heavy atom. The van der Waals surface area contributed by atoms with Crippen LogP contribution in [0.5, 0.6) is 0 Å². The van der Waals surface area contributed by atoms with Crippen LogP contribution >= 0.6 is 0 Å². The largest absolute Gasteiger partial charge is 0.351 e. The molecule has 2 aromatic rings. The van der Waals surface area contributed by atoms with Crippen molar-refractivity contribution in [3.05, 3.63) is 59.2 Å². The van der Waals surface area contributed by atoms with Gasteiger partial charge in [0.15, 0.2) is 0 Å². The Kier molecular flexibility index (Phi) is 5.00. The number of hydrogen-bond donors (Lipinski definition) is 2. The molecule has 150 valence electrons. The van der Waals surface area contributed by atoms with Gasteiger partial charge >= 0.3 is 0 Å². The monoisotopic (exact) mass is 399 g/mol. The number of halogens is 2. The molecule has 3 amide bonds. The van der Waals surface area contributed by atoms with E-state index in [0.717, 1.165) is 29.4 Å². The molecule has 0 unspecified atom stereocenters. The Labute approximate surface area is 165 Å². The van der Waals surface area contributed by atoms with E-state index < -0.39 is 23.5 Å². The van der Waals surface area contributed by atoms with Gasteiger partial charge in [-0.05, 0) is 54.3 Å². The fraction of sp³-hybridized carbons (Fsp3) is 0.286. The van der Waals surface area contributed by atoms with Crippen LogP contribution in [0.2, 0.25) is 0 Å². The van der Waals surface area contributed by atoms with Crippen LogP contribution in [0.1, 0.15) is 24.0 Å². The number of nitrogens with zero attached hydrogens (tertiary/aromatic N) is 1. The van der Waals surface area contributed by atoms with Crippen LogP contribution in [0.15, 0.2) is 36.4 Å². The van der Waals surface area contributed by atoms with E-state index in [1.54, 1.807) is 17.0 Å². The summed E-state index contributed by atoms with van der Waals surface area (Å²) >= 11 is 0. The van der Waals surface area contributed by atoms with E-state index in [1.165, 1.54) is 0 Å². The molecule has 0 aliphatic carbocycles. The van der Waals surface area contributed by atoms with Crippen LogP contribution in [0.4, 0.5) is 20.2 Å². The second-order valence-electron chi connectivity index (χ2n) is 7.22. The molecule has 0 aromatic heterocycles. The fourth-order valence-corrected chi connectivity index (χ4v) is 3.74. The first-order valence-electron chi connectivity index (χ1n) is 9.37. The van der Waals surface area contributed by atoms with E-state index in [1.807, 2.05) is 6.07 Å². The van der Waals surface area contributed by atoms with E-state index in [0.29, 0.717) is 31.5 Å². The zero-order valence-electron chi connectivity index (χ0n) is 15.5. The molecular formula is C21H19F2N3O3. The second kappa shape index (κ2) is 7.62. The highest BCUT2D eigenvalue weighted by atomic mass is 19.1. The summed E-state index contributed by atoms with van der Waals surface area (Å²) in [6.45, 7) is 0.340. The quantitative estimate of drug-likeness (QED) is 0.776. The Morgan fingerprint density at radius 2 is 1.86 bits per heavy atom. The van der Waals surface area contributed by atoms with Gasteiger partial charge in [-0.1, -0.05) is 0 Å². The highest BCUT2D eigenvalue weighted by molar-refractivity contribution is 6.09. The number of fused-ring (bicyclic) bond motifs is 1. The third kappa shape index (κ3) is 3.96. The summed E-state index contributed by atoms with van der Waals surface area (Å²) in [5.74, 6) is -3.09. The molecule has 6 nitrogen and oxygen atoms in total. The van der Waals surface area contributed by atoms with Crippen LogP contribution in [-0.2, 0) is 27.3 Å². The van der Waals surface area contributed by atoms with Gasteiger partial charge in [0.1, 0.15) is 17.6 Å². The minimum atomic E-state index is -0.843. The molecule has 2 aliphatic heterocycles. The number of nitrogens with one attached hydrogen (secondary N) is 2. The molecule has 0 bridgehead atoms. The molecule has 0 saturated carbocycles. The molecule has 0 spiro atoms. The highest BCUT2D eigenvalue weighted by Gasteiger charge is 2.37. The van der Waals surface area contributed by atoms with Gasteiger partial charge in [-0.2, -0.15) is 0 Å². The number of aryl methyl sites for hydroxylation is 1. The number of hydrogen-bond acceptors (Lipinski definition) is 3. The van der Waals surface area contributed by atoms with Gasteiger partial charge in [-0.25, -0.2) is 8.78 Å². The molecule has 1 atom stereocenters. The number of benzene rings is 2. The maximum atomic E-state index is 13.3. The zero-order chi connectivity index (χ0) is 20.5. The van der Waals surface area contributed by atoms with Gasteiger partial charge in [0, 0.05) is 37.0 Å². The van der Waals surface area contributed by atoms with Gasteiger partial charge in [0.05, 0.1) is 0 Å². The van der Waals surface area contributed by atoms with Crippen LogP contribution in [-0.4, -0.2) is 24.3 Å². The topological polar surface area (TPSA) is 78.5 Å². The van der Waals surface area contributed by atoms with Gasteiger partial charge in [0.25, 0.3) is 0 Å². The third-order valence-corrected chi connectivity index (χ3v) is 5.21. The fourth-order valence-electron chi connectivity index (χ4n) is 3.74. The lowest BCUT2D eigenvalue weighted by Gasteiger charge is -2.22. The predicted molar refractivity (Wildman–Crippen MR) is 102 cm³/mol. The number of amides is 3. The van der Waals surface area contributed by atoms with Crippen molar-refractivity contribution >= 4 is 29.1 Å². The lowest BCUT2D eigenvalue weighted by molar-refractivity contribution is -0.132. The summed E-state index contributed by atoms with van der Waals surface area (Å²) in [6, 6.07) is 8.41.